The molecule has 2 aromatic carbocycles. The first kappa shape index (κ1) is 19.1. The number of benzene rings is 2. The first-order valence-electron chi connectivity index (χ1n) is 9.37. The van der Waals surface area contributed by atoms with E-state index in [0.717, 1.165) is 17.1 Å². The summed E-state index contributed by atoms with van der Waals surface area (Å²) in [7, 11) is 0. The molecule has 4 rings (SSSR count). The normalized spacial score (nSPS) is 10.3. The Morgan fingerprint density at radius 2 is 1.63 bits per heavy atom. The van der Waals surface area contributed by atoms with Crippen LogP contribution < -0.4 is 15.4 Å². The molecule has 0 spiro atoms. The molecule has 7 nitrogen and oxygen atoms in total. The number of pyridine rings is 1. The van der Waals surface area contributed by atoms with Crippen LogP contribution in [0.25, 0.3) is 0 Å². The largest absolute Gasteiger partial charge is 0.455 e. The van der Waals surface area contributed by atoms with Gasteiger partial charge in [-0.2, -0.15) is 0 Å². The van der Waals surface area contributed by atoms with Gasteiger partial charge in [-0.3, -0.25) is 9.78 Å². The minimum Gasteiger partial charge on any atom is -0.455 e. The number of carbonyl (C=O) groups is 1. The molecular formula is C23H19N5O2. The third kappa shape index (κ3) is 4.96. The van der Waals surface area contributed by atoms with Gasteiger partial charge in [0.15, 0.2) is 5.75 Å². The summed E-state index contributed by atoms with van der Waals surface area (Å²) in [6.07, 6.45) is 4.62. The summed E-state index contributed by atoms with van der Waals surface area (Å²) in [4.78, 5) is 24.9. The van der Waals surface area contributed by atoms with E-state index in [4.69, 9.17) is 4.74 Å². The van der Waals surface area contributed by atoms with E-state index in [9.17, 15) is 4.79 Å². The minimum absolute atomic E-state index is 0.227. The summed E-state index contributed by atoms with van der Waals surface area (Å²) in [5.74, 6) is 1.58. The summed E-state index contributed by atoms with van der Waals surface area (Å²) in [6.45, 7) is 0.325. The zero-order valence-corrected chi connectivity index (χ0v) is 16.0. The second kappa shape index (κ2) is 9.29. The van der Waals surface area contributed by atoms with E-state index in [1.807, 2.05) is 72.8 Å². The van der Waals surface area contributed by atoms with Crippen molar-refractivity contribution in [3.8, 4) is 11.5 Å². The second-order valence-corrected chi connectivity index (χ2v) is 6.33. The van der Waals surface area contributed by atoms with Crippen molar-refractivity contribution in [1.29, 1.82) is 0 Å². The highest BCUT2D eigenvalue weighted by atomic mass is 16.5. The van der Waals surface area contributed by atoms with Gasteiger partial charge in [-0.25, -0.2) is 9.97 Å². The van der Waals surface area contributed by atoms with Crippen LogP contribution in [0, 0.1) is 0 Å². The Morgan fingerprint density at radius 3 is 2.40 bits per heavy atom. The van der Waals surface area contributed by atoms with E-state index in [2.05, 4.69) is 25.6 Å². The molecule has 30 heavy (non-hydrogen) atoms. The number of carbonyl (C=O) groups excluding carboxylic acids is 1. The number of nitrogens with one attached hydrogen (secondary N) is 2. The fourth-order valence-corrected chi connectivity index (χ4v) is 2.69. The summed E-state index contributed by atoms with van der Waals surface area (Å²) >= 11 is 0. The van der Waals surface area contributed by atoms with Crippen LogP contribution in [-0.2, 0) is 6.54 Å². The number of aromatic nitrogens is 3. The predicted octanol–water partition coefficient (Wildman–Crippen LogP) is 4.34. The molecule has 7 heteroatoms. The van der Waals surface area contributed by atoms with Gasteiger partial charge in [0.2, 0.25) is 0 Å². The SMILES string of the molecule is O=C(NCc1ccccn1)c1cnc(Nc2ccccc2Oc2ccccc2)cn1. The van der Waals surface area contributed by atoms with Crippen LogP contribution in [0.3, 0.4) is 0 Å². The number of nitrogens with zero attached hydrogens (tertiary/aromatic N) is 3. The van der Waals surface area contributed by atoms with Crippen LogP contribution >= 0.6 is 0 Å². The van der Waals surface area contributed by atoms with Crippen LogP contribution in [0.15, 0.2) is 91.4 Å². The molecule has 0 radical (unpaired) electrons. The quantitative estimate of drug-likeness (QED) is 0.482. The molecule has 0 saturated carbocycles. The molecule has 148 valence electrons. The highest BCUT2D eigenvalue weighted by Crippen LogP contribution is 2.30. The first-order chi connectivity index (χ1) is 14.8. The molecular weight excluding hydrogens is 378 g/mol. The molecule has 0 aliphatic rings. The summed E-state index contributed by atoms with van der Waals surface area (Å²) in [5.41, 5.74) is 1.74. The van der Waals surface area contributed by atoms with Crippen molar-refractivity contribution >= 4 is 17.4 Å². The maximum atomic E-state index is 12.3. The maximum Gasteiger partial charge on any atom is 0.271 e. The molecule has 1 amide bonds. The van der Waals surface area contributed by atoms with E-state index in [0.29, 0.717) is 18.1 Å². The Hall–Kier alpha value is -4.26. The van der Waals surface area contributed by atoms with E-state index in [1.165, 1.54) is 12.4 Å². The molecule has 0 aliphatic heterocycles. The second-order valence-electron chi connectivity index (χ2n) is 6.33. The van der Waals surface area contributed by atoms with Gasteiger partial charge in [-0.15, -0.1) is 0 Å². The van der Waals surface area contributed by atoms with Gasteiger partial charge in [0.05, 0.1) is 30.3 Å². The minimum atomic E-state index is -0.312. The lowest BCUT2D eigenvalue weighted by Crippen LogP contribution is -2.24. The van der Waals surface area contributed by atoms with Gasteiger partial charge in [-0.1, -0.05) is 36.4 Å². The summed E-state index contributed by atoms with van der Waals surface area (Å²) in [5, 5.41) is 5.95. The van der Waals surface area contributed by atoms with E-state index in [-0.39, 0.29) is 11.6 Å². The molecule has 0 bridgehead atoms. The average Bonchev–Trinajstić information content (AvgIpc) is 2.81. The highest BCUT2D eigenvalue weighted by Gasteiger charge is 2.10. The average molecular weight is 397 g/mol. The highest BCUT2D eigenvalue weighted by molar-refractivity contribution is 5.92. The van der Waals surface area contributed by atoms with Crippen LogP contribution in [-0.4, -0.2) is 20.9 Å². The van der Waals surface area contributed by atoms with E-state index in [1.54, 1.807) is 6.20 Å². The lowest BCUT2D eigenvalue weighted by atomic mass is 10.3. The fraction of sp³-hybridized carbons (Fsp3) is 0.0435. The van der Waals surface area contributed by atoms with Crippen molar-refractivity contribution in [2.24, 2.45) is 0 Å². The number of ether oxygens (including phenoxy) is 1. The van der Waals surface area contributed by atoms with Crippen molar-refractivity contribution < 1.29 is 9.53 Å². The van der Waals surface area contributed by atoms with Crippen LogP contribution in [0.2, 0.25) is 0 Å². The summed E-state index contributed by atoms with van der Waals surface area (Å²) < 4.78 is 5.94. The van der Waals surface area contributed by atoms with Crippen molar-refractivity contribution in [2.45, 2.75) is 6.54 Å². The molecule has 0 saturated heterocycles. The Balaban J connectivity index is 1.41. The Kier molecular flexibility index (Phi) is 5.91. The van der Waals surface area contributed by atoms with Crippen molar-refractivity contribution in [2.75, 3.05) is 5.32 Å². The standard InChI is InChI=1S/C23H19N5O2/c29-23(27-14-17-8-6-7-13-24-17)20-15-26-22(16-25-20)28-19-11-4-5-12-21(19)30-18-9-2-1-3-10-18/h1-13,15-16H,14H2,(H,26,28)(H,27,29). The van der Waals surface area contributed by atoms with Gasteiger partial charge in [0, 0.05) is 6.20 Å². The summed E-state index contributed by atoms with van der Waals surface area (Å²) in [6, 6.07) is 22.6. The molecule has 2 N–H and O–H groups in total. The van der Waals surface area contributed by atoms with Crippen molar-refractivity contribution in [3.05, 3.63) is 103 Å². The van der Waals surface area contributed by atoms with Crippen molar-refractivity contribution in [3.63, 3.8) is 0 Å². The van der Waals surface area contributed by atoms with Gasteiger partial charge >= 0.3 is 0 Å². The molecule has 0 fully saturated rings. The van der Waals surface area contributed by atoms with Crippen LogP contribution in [0.5, 0.6) is 11.5 Å². The zero-order valence-electron chi connectivity index (χ0n) is 16.0. The topological polar surface area (TPSA) is 89.0 Å². The Morgan fingerprint density at radius 1 is 0.833 bits per heavy atom. The number of hydrogen-bond donors (Lipinski definition) is 2. The monoisotopic (exact) mass is 397 g/mol. The van der Waals surface area contributed by atoms with Crippen LogP contribution in [0.1, 0.15) is 16.2 Å². The van der Waals surface area contributed by atoms with Gasteiger partial charge in [-0.05, 0) is 36.4 Å². The van der Waals surface area contributed by atoms with Gasteiger partial charge in [0.1, 0.15) is 17.3 Å². The maximum absolute atomic E-state index is 12.3. The molecule has 0 unspecified atom stereocenters. The van der Waals surface area contributed by atoms with E-state index < -0.39 is 0 Å². The Bertz CT molecular complexity index is 1100. The number of para-hydroxylation sites is 3. The smallest absolute Gasteiger partial charge is 0.271 e. The number of amides is 1. The number of anilines is 2. The third-order valence-electron chi connectivity index (χ3n) is 4.16. The fourth-order valence-electron chi connectivity index (χ4n) is 2.69. The molecule has 0 atom stereocenters. The number of hydrogen-bond acceptors (Lipinski definition) is 6. The first-order valence-corrected chi connectivity index (χ1v) is 9.37. The van der Waals surface area contributed by atoms with Crippen LogP contribution in [0.4, 0.5) is 11.5 Å². The zero-order chi connectivity index (χ0) is 20.6. The predicted molar refractivity (Wildman–Crippen MR) is 114 cm³/mol. The number of rotatable bonds is 7. The molecule has 0 aliphatic carbocycles. The lowest BCUT2D eigenvalue weighted by Gasteiger charge is -2.12. The third-order valence-corrected chi connectivity index (χ3v) is 4.16. The Labute approximate surface area is 173 Å². The molecule has 2 heterocycles. The van der Waals surface area contributed by atoms with E-state index >= 15 is 0 Å². The van der Waals surface area contributed by atoms with Crippen molar-refractivity contribution in [1.82, 2.24) is 20.3 Å². The molecule has 4 aromatic rings. The van der Waals surface area contributed by atoms with Gasteiger partial charge in [0.25, 0.3) is 5.91 Å². The van der Waals surface area contributed by atoms with Gasteiger partial charge < -0.3 is 15.4 Å². The lowest BCUT2D eigenvalue weighted by molar-refractivity contribution is 0.0945. The molecule has 2 aromatic heterocycles.